The van der Waals surface area contributed by atoms with Gasteiger partial charge in [-0.15, -0.1) is 0 Å². The molecule has 2 amide bonds. The lowest BCUT2D eigenvalue weighted by molar-refractivity contribution is -0.118. The molecule has 37 heavy (non-hydrogen) atoms. The zero-order chi connectivity index (χ0) is 25.8. The van der Waals surface area contributed by atoms with Crippen LogP contribution in [0, 0.1) is 5.82 Å². The minimum absolute atomic E-state index is 0.00126. The summed E-state index contributed by atoms with van der Waals surface area (Å²) in [5, 5.41) is 2.74. The van der Waals surface area contributed by atoms with Gasteiger partial charge in [-0.05, 0) is 72.0 Å². The van der Waals surface area contributed by atoms with Gasteiger partial charge in [0.1, 0.15) is 30.6 Å². The van der Waals surface area contributed by atoms with Crippen LogP contribution in [0.4, 0.5) is 14.5 Å². The first kappa shape index (κ1) is 24.5. The molecule has 2 aliphatic rings. The highest BCUT2D eigenvalue weighted by Crippen LogP contribution is 2.34. The predicted molar refractivity (Wildman–Crippen MR) is 136 cm³/mol. The molecule has 0 bridgehead atoms. The molecule has 2 heterocycles. The summed E-state index contributed by atoms with van der Waals surface area (Å²) in [7, 11) is 0. The second-order valence-electron chi connectivity index (χ2n) is 8.89. The molecule has 0 unspecified atom stereocenters. The van der Waals surface area contributed by atoms with E-state index in [-0.39, 0.29) is 30.8 Å². The van der Waals surface area contributed by atoms with E-state index in [4.69, 9.17) is 9.47 Å². The van der Waals surface area contributed by atoms with Crippen molar-refractivity contribution in [1.29, 1.82) is 0 Å². The molecule has 1 N–H and O–H groups in total. The monoisotopic (exact) mass is 504 g/mol. The number of ether oxygens (including phenoxy) is 2. The first-order valence-electron chi connectivity index (χ1n) is 12.1. The molecule has 1 saturated heterocycles. The molecule has 8 heteroatoms. The Bertz CT molecular complexity index is 1330. The SMILES string of the molecule is O=C1COc2ccc(C(=O)N3CCC(=C(c4ccc(F)cc4)c4ccc(OCCF)cc4)CC3)cc2N1. The van der Waals surface area contributed by atoms with Gasteiger partial charge in [0, 0.05) is 18.7 Å². The topological polar surface area (TPSA) is 67.9 Å². The maximum atomic E-state index is 13.7. The fourth-order valence-electron chi connectivity index (χ4n) is 4.69. The van der Waals surface area contributed by atoms with Crippen LogP contribution in [0.15, 0.2) is 72.3 Å². The summed E-state index contributed by atoms with van der Waals surface area (Å²) < 4.78 is 36.9. The lowest BCUT2D eigenvalue weighted by Crippen LogP contribution is -2.36. The number of likely N-dealkylation sites (tertiary alicyclic amines) is 1. The summed E-state index contributed by atoms with van der Waals surface area (Å²) in [6.07, 6.45) is 1.31. The van der Waals surface area contributed by atoms with E-state index in [0.717, 1.165) is 16.7 Å². The van der Waals surface area contributed by atoms with Crippen LogP contribution in [0.1, 0.15) is 34.3 Å². The van der Waals surface area contributed by atoms with E-state index < -0.39 is 6.67 Å². The average Bonchev–Trinajstić information content (AvgIpc) is 2.93. The van der Waals surface area contributed by atoms with E-state index >= 15 is 0 Å². The largest absolute Gasteiger partial charge is 0.491 e. The van der Waals surface area contributed by atoms with E-state index in [1.165, 1.54) is 17.7 Å². The number of nitrogens with zero attached hydrogens (tertiary/aromatic N) is 1. The highest BCUT2D eigenvalue weighted by Gasteiger charge is 2.25. The zero-order valence-corrected chi connectivity index (χ0v) is 20.1. The maximum absolute atomic E-state index is 13.7. The molecule has 0 spiro atoms. The molecule has 0 radical (unpaired) electrons. The predicted octanol–water partition coefficient (Wildman–Crippen LogP) is 5.24. The van der Waals surface area contributed by atoms with Crippen LogP contribution >= 0.6 is 0 Å². The van der Waals surface area contributed by atoms with Gasteiger partial charge in [0.05, 0.1) is 5.69 Å². The summed E-state index contributed by atoms with van der Waals surface area (Å²) in [5.74, 6) is 0.455. The quantitative estimate of drug-likeness (QED) is 0.499. The van der Waals surface area contributed by atoms with E-state index in [9.17, 15) is 18.4 Å². The molecule has 1 fully saturated rings. The van der Waals surface area contributed by atoms with Gasteiger partial charge < -0.3 is 19.7 Å². The molecule has 0 atom stereocenters. The van der Waals surface area contributed by atoms with Gasteiger partial charge in [-0.3, -0.25) is 9.59 Å². The maximum Gasteiger partial charge on any atom is 0.262 e. The van der Waals surface area contributed by atoms with Gasteiger partial charge >= 0.3 is 0 Å². The van der Waals surface area contributed by atoms with Crippen LogP contribution in [0.25, 0.3) is 5.57 Å². The third kappa shape index (κ3) is 5.48. The number of fused-ring (bicyclic) bond motifs is 1. The number of hydrogen-bond acceptors (Lipinski definition) is 4. The van der Waals surface area contributed by atoms with Crippen LogP contribution in [0.5, 0.6) is 11.5 Å². The van der Waals surface area contributed by atoms with Crippen LogP contribution in [0.2, 0.25) is 0 Å². The summed E-state index contributed by atoms with van der Waals surface area (Å²) >= 11 is 0. The second kappa shape index (κ2) is 10.8. The Labute approximate surface area is 213 Å². The molecule has 3 aromatic carbocycles. The molecule has 0 saturated carbocycles. The Morgan fingerprint density at radius 3 is 2.27 bits per heavy atom. The number of alkyl halides is 1. The fourth-order valence-corrected chi connectivity index (χ4v) is 4.69. The lowest BCUT2D eigenvalue weighted by Gasteiger charge is -2.31. The second-order valence-corrected chi connectivity index (χ2v) is 8.89. The van der Waals surface area contributed by atoms with Gasteiger partial charge in [0.2, 0.25) is 0 Å². The van der Waals surface area contributed by atoms with Gasteiger partial charge in [0.25, 0.3) is 11.8 Å². The highest BCUT2D eigenvalue weighted by molar-refractivity contribution is 6.00. The number of benzene rings is 3. The molecule has 3 aromatic rings. The van der Waals surface area contributed by atoms with Gasteiger partial charge in [0.15, 0.2) is 6.61 Å². The standard InChI is InChI=1S/C29H26F2N2O4/c30-13-16-36-24-8-3-20(4-9-24)28(19-1-6-23(31)7-2-19)21-11-14-33(15-12-21)29(35)22-5-10-26-25(17-22)32-27(34)18-37-26/h1-10,17H,11-16,18H2,(H,32,34). The zero-order valence-electron chi connectivity index (χ0n) is 20.1. The van der Waals surface area contributed by atoms with Crippen molar-refractivity contribution in [3.63, 3.8) is 0 Å². The third-order valence-corrected chi connectivity index (χ3v) is 6.49. The molecule has 6 nitrogen and oxygen atoms in total. The van der Waals surface area contributed by atoms with Crippen molar-refractivity contribution in [1.82, 2.24) is 4.90 Å². The molecule has 0 aliphatic carbocycles. The number of halogens is 2. The molecule has 0 aromatic heterocycles. The number of hydrogen-bond donors (Lipinski definition) is 1. The number of piperidine rings is 1. The van der Waals surface area contributed by atoms with E-state index in [1.54, 1.807) is 47.4 Å². The van der Waals surface area contributed by atoms with Crippen LogP contribution in [-0.4, -0.2) is 49.7 Å². The van der Waals surface area contributed by atoms with Crippen LogP contribution in [-0.2, 0) is 4.79 Å². The Balaban J connectivity index is 1.37. The van der Waals surface area contributed by atoms with Crippen molar-refractivity contribution < 1.29 is 27.8 Å². The number of carbonyl (C=O) groups excluding carboxylic acids is 2. The van der Waals surface area contributed by atoms with Crippen molar-refractivity contribution >= 4 is 23.1 Å². The van der Waals surface area contributed by atoms with Crippen LogP contribution < -0.4 is 14.8 Å². The van der Waals surface area contributed by atoms with E-state index in [2.05, 4.69) is 5.32 Å². The Morgan fingerprint density at radius 2 is 1.59 bits per heavy atom. The molecule has 5 rings (SSSR count). The number of anilines is 1. The third-order valence-electron chi connectivity index (χ3n) is 6.49. The molecular formula is C29H26F2N2O4. The lowest BCUT2D eigenvalue weighted by atomic mass is 9.88. The summed E-state index contributed by atoms with van der Waals surface area (Å²) in [6.45, 7) is 0.451. The van der Waals surface area contributed by atoms with Gasteiger partial charge in [-0.25, -0.2) is 8.78 Å². The first-order valence-corrected chi connectivity index (χ1v) is 12.1. The van der Waals surface area contributed by atoms with E-state index in [1.807, 2.05) is 12.1 Å². The van der Waals surface area contributed by atoms with Gasteiger partial charge in [-0.2, -0.15) is 0 Å². The van der Waals surface area contributed by atoms with Crippen LogP contribution in [0.3, 0.4) is 0 Å². The fraction of sp³-hybridized carbons (Fsp3) is 0.241. The Morgan fingerprint density at radius 1 is 0.946 bits per heavy atom. The Kier molecular flexibility index (Phi) is 7.16. The molecular weight excluding hydrogens is 478 g/mol. The van der Waals surface area contributed by atoms with Crippen molar-refractivity contribution in [3.8, 4) is 11.5 Å². The van der Waals surface area contributed by atoms with Crippen molar-refractivity contribution in [2.24, 2.45) is 0 Å². The minimum atomic E-state index is -0.560. The van der Waals surface area contributed by atoms with Gasteiger partial charge in [-0.1, -0.05) is 29.8 Å². The highest BCUT2D eigenvalue weighted by atomic mass is 19.1. The molecule has 2 aliphatic heterocycles. The summed E-state index contributed by atoms with van der Waals surface area (Å²) in [6, 6.07) is 18.9. The normalized spacial score (nSPS) is 14.9. The van der Waals surface area contributed by atoms with Crippen molar-refractivity contribution in [3.05, 3.63) is 94.8 Å². The van der Waals surface area contributed by atoms with E-state index in [0.29, 0.717) is 48.7 Å². The minimum Gasteiger partial charge on any atom is -0.491 e. The number of carbonyl (C=O) groups is 2. The Hall–Kier alpha value is -4.20. The first-order chi connectivity index (χ1) is 18.0. The number of amides is 2. The van der Waals surface area contributed by atoms with Crippen molar-refractivity contribution in [2.45, 2.75) is 12.8 Å². The molecule has 190 valence electrons. The summed E-state index contributed by atoms with van der Waals surface area (Å²) in [4.78, 5) is 26.7. The van der Waals surface area contributed by atoms with Crippen molar-refractivity contribution in [2.75, 3.05) is 38.3 Å². The average molecular weight is 505 g/mol. The number of nitrogens with one attached hydrogen (secondary N) is 1. The smallest absolute Gasteiger partial charge is 0.262 e. The number of rotatable bonds is 6. The summed E-state index contributed by atoms with van der Waals surface area (Å²) in [5.41, 5.74) is 4.98.